The van der Waals surface area contributed by atoms with Crippen LogP contribution >= 0.6 is 46.4 Å². The number of hydrogen-bond acceptors (Lipinski definition) is 3. The van der Waals surface area contributed by atoms with E-state index in [1.54, 1.807) is 0 Å². The van der Waals surface area contributed by atoms with Gasteiger partial charge >= 0.3 is 0 Å². The minimum atomic E-state index is -0.848. The lowest BCUT2D eigenvalue weighted by molar-refractivity contribution is -0.118. The second-order valence-electron chi connectivity index (χ2n) is 3.67. The number of amides is 3. The molecule has 0 radical (unpaired) electrons. The van der Waals surface area contributed by atoms with Crippen LogP contribution in [0.4, 0.5) is 0 Å². The van der Waals surface area contributed by atoms with Crippen molar-refractivity contribution in [2.45, 2.75) is 0 Å². The Kier molecular flexibility index (Phi) is 3.66. The molecule has 0 fully saturated rings. The maximum Gasteiger partial charge on any atom is 0.263 e. The normalized spacial score (nSPS) is 14.0. The standard InChI is InChI=1S/C10H4Cl4N2O3/c11-5-3-4(6(12)8(14)7(5)13)10(19)16(9(3)18)1-2(15)17/h1H2,(H2,15,17). The third kappa shape index (κ3) is 2.07. The number of carbonyl (C=O) groups excluding carboxylic acids is 3. The van der Waals surface area contributed by atoms with Gasteiger partial charge in [-0.15, -0.1) is 0 Å². The topological polar surface area (TPSA) is 80.5 Å². The van der Waals surface area contributed by atoms with Gasteiger partial charge in [-0.05, 0) is 0 Å². The van der Waals surface area contributed by atoms with Gasteiger partial charge in [0.25, 0.3) is 11.8 Å². The quantitative estimate of drug-likeness (QED) is 0.509. The Morgan fingerprint density at radius 3 is 1.58 bits per heavy atom. The molecule has 0 unspecified atom stereocenters. The van der Waals surface area contributed by atoms with Crippen molar-refractivity contribution in [1.82, 2.24) is 4.90 Å². The van der Waals surface area contributed by atoms with Gasteiger partial charge in [-0.2, -0.15) is 0 Å². The van der Waals surface area contributed by atoms with Crippen LogP contribution < -0.4 is 5.73 Å². The van der Waals surface area contributed by atoms with Gasteiger partial charge in [0.15, 0.2) is 0 Å². The monoisotopic (exact) mass is 340 g/mol. The highest BCUT2D eigenvalue weighted by atomic mass is 35.5. The highest BCUT2D eigenvalue weighted by molar-refractivity contribution is 6.55. The molecule has 0 saturated heterocycles. The van der Waals surface area contributed by atoms with E-state index in [1.165, 1.54) is 0 Å². The average Bonchev–Trinajstić information content (AvgIpc) is 2.58. The SMILES string of the molecule is NC(=O)CN1C(=O)c2c(Cl)c(Cl)c(Cl)c(Cl)c2C1=O. The van der Waals surface area contributed by atoms with Crippen molar-refractivity contribution in [3.63, 3.8) is 0 Å². The van der Waals surface area contributed by atoms with E-state index in [0.717, 1.165) is 0 Å². The zero-order chi connectivity index (χ0) is 14.5. The summed E-state index contributed by atoms with van der Waals surface area (Å²) in [5.41, 5.74) is 4.62. The molecule has 100 valence electrons. The average molecular weight is 342 g/mol. The van der Waals surface area contributed by atoms with Crippen LogP contribution in [0.1, 0.15) is 20.7 Å². The summed E-state index contributed by atoms with van der Waals surface area (Å²) in [5, 5.41) is -0.629. The summed E-state index contributed by atoms with van der Waals surface area (Å²) in [5.74, 6) is -2.42. The number of imide groups is 1. The molecule has 1 heterocycles. The summed E-state index contributed by atoms with van der Waals surface area (Å²) in [6, 6.07) is 0. The summed E-state index contributed by atoms with van der Waals surface area (Å²) < 4.78 is 0. The molecule has 0 bridgehead atoms. The molecule has 3 amide bonds. The molecule has 0 saturated carbocycles. The fourth-order valence-corrected chi connectivity index (χ4v) is 2.71. The van der Waals surface area contributed by atoms with Crippen LogP contribution in [0.25, 0.3) is 0 Å². The van der Waals surface area contributed by atoms with Crippen LogP contribution in [0.15, 0.2) is 0 Å². The Hall–Kier alpha value is -1.01. The van der Waals surface area contributed by atoms with Crippen molar-refractivity contribution in [2.75, 3.05) is 6.54 Å². The van der Waals surface area contributed by atoms with Gasteiger partial charge in [0.1, 0.15) is 6.54 Å². The summed E-state index contributed by atoms with van der Waals surface area (Å²) in [6.07, 6.45) is 0. The largest absolute Gasteiger partial charge is 0.368 e. The second-order valence-corrected chi connectivity index (χ2v) is 5.18. The molecule has 9 heteroatoms. The van der Waals surface area contributed by atoms with E-state index in [4.69, 9.17) is 52.1 Å². The fourth-order valence-electron chi connectivity index (χ4n) is 1.69. The van der Waals surface area contributed by atoms with Crippen molar-refractivity contribution >= 4 is 64.1 Å². The van der Waals surface area contributed by atoms with Crippen LogP contribution in [0.5, 0.6) is 0 Å². The number of nitrogens with two attached hydrogens (primary N) is 1. The third-order valence-corrected chi connectivity index (χ3v) is 4.30. The minimum absolute atomic E-state index is 0.130. The Morgan fingerprint density at radius 2 is 1.26 bits per heavy atom. The molecule has 19 heavy (non-hydrogen) atoms. The Bertz CT molecular complexity index is 597. The number of hydrogen-bond donors (Lipinski definition) is 1. The molecule has 0 aliphatic carbocycles. The minimum Gasteiger partial charge on any atom is -0.368 e. The molecule has 2 N–H and O–H groups in total. The predicted octanol–water partition coefficient (Wildman–Crippen LogP) is 2.38. The molecule has 0 atom stereocenters. The van der Waals surface area contributed by atoms with Crippen LogP contribution in [0.2, 0.25) is 20.1 Å². The van der Waals surface area contributed by atoms with Gasteiger partial charge < -0.3 is 5.73 Å². The number of nitrogens with zero attached hydrogens (tertiary/aromatic N) is 1. The van der Waals surface area contributed by atoms with Gasteiger partial charge in [0, 0.05) is 0 Å². The van der Waals surface area contributed by atoms with Gasteiger partial charge in [0.05, 0.1) is 31.2 Å². The molecule has 1 aromatic carbocycles. The predicted molar refractivity (Wildman–Crippen MR) is 71.0 cm³/mol. The van der Waals surface area contributed by atoms with E-state index in [1.807, 2.05) is 0 Å². The van der Waals surface area contributed by atoms with Crippen molar-refractivity contribution in [3.8, 4) is 0 Å². The number of primary amides is 1. The van der Waals surface area contributed by atoms with Crippen molar-refractivity contribution in [1.29, 1.82) is 0 Å². The third-order valence-electron chi connectivity index (χ3n) is 2.50. The number of carbonyl (C=O) groups is 3. The van der Waals surface area contributed by atoms with E-state index in [2.05, 4.69) is 0 Å². The Balaban J connectivity index is 2.69. The van der Waals surface area contributed by atoms with Gasteiger partial charge in [-0.3, -0.25) is 19.3 Å². The molecule has 5 nitrogen and oxygen atoms in total. The van der Waals surface area contributed by atoms with Crippen LogP contribution in [-0.2, 0) is 4.79 Å². The van der Waals surface area contributed by atoms with Crippen molar-refractivity contribution in [2.24, 2.45) is 5.73 Å². The smallest absolute Gasteiger partial charge is 0.263 e. The maximum absolute atomic E-state index is 12.0. The first kappa shape index (κ1) is 14.4. The first-order valence-electron chi connectivity index (χ1n) is 4.77. The zero-order valence-corrected chi connectivity index (χ0v) is 12.0. The van der Waals surface area contributed by atoms with Gasteiger partial charge in [0.2, 0.25) is 5.91 Å². The number of rotatable bonds is 2. The molecular formula is C10H4Cl4N2O3. The van der Waals surface area contributed by atoms with E-state index in [-0.39, 0.29) is 31.2 Å². The van der Waals surface area contributed by atoms with E-state index >= 15 is 0 Å². The summed E-state index contributed by atoms with van der Waals surface area (Å²) in [4.78, 5) is 35.6. The lowest BCUT2D eigenvalue weighted by Gasteiger charge is -2.10. The van der Waals surface area contributed by atoms with Crippen LogP contribution in [0.3, 0.4) is 0 Å². The zero-order valence-electron chi connectivity index (χ0n) is 8.97. The van der Waals surface area contributed by atoms with Gasteiger partial charge in [-0.1, -0.05) is 46.4 Å². The fraction of sp³-hybridized carbons (Fsp3) is 0.100. The Morgan fingerprint density at radius 1 is 0.895 bits per heavy atom. The number of benzene rings is 1. The molecule has 0 aromatic heterocycles. The molecule has 0 spiro atoms. The van der Waals surface area contributed by atoms with Crippen molar-refractivity contribution < 1.29 is 14.4 Å². The van der Waals surface area contributed by atoms with Crippen molar-refractivity contribution in [3.05, 3.63) is 31.2 Å². The summed E-state index contributed by atoms with van der Waals surface area (Å²) in [7, 11) is 0. The van der Waals surface area contributed by atoms with Gasteiger partial charge in [-0.25, -0.2) is 0 Å². The summed E-state index contributed by atoms with van der Waals surface area (Å²) >= 11 is 23.4. The highest BCUT2D eigenvalue weighted by Crippen LogP contribution is 2.44. The Labute approximate surface area is 127 Å². The summed E-state index contributed by atoms with van der Waals surface area (Å²) in [6.45, 7) is -0.575. The molecular weight excluding hydrogens is 338 g/mol. The highest BCUT2D eigenvalue weighted by Gasteiger charge is 2.41. The second kappa shape index (κ2) is 4.83. The molecule has 2 rings (SSSR count). The maximum atomic E-state index is 12.0. The van der Waals surface area contributed by atoms with E-state index in [0.29, 0.717) is 4.90 Å². The number of halogens is 4. The lowest BCUT2D eigenvalue weighted by Crippen LogP contribution is -2.37. The molecule has 1 aliphatic rings. The number of fused-ring (bicyclic) bond motifs is 1. The lowest BCUT2D eigenvalue weighted by atomic mass is 10.1. The molecule has 1 aromatic rings. The first-order chi connectivity index (χ1) is 8.77. The first-order valence-corrected chi connectivity index (χ1v) is 6.29. The molecule has 1 aliphatic heterocycles. The van der Waals surface area contributed by atoms with Crippen LogP contribution in [0, 0.1) is 0 Å². The van der Waals surface area contributed by atoms with E-state index in [9.17, 15) is 14.4 Å². The van der Waals surface area contributed by atoms with E-state index < -0.39 is 24.3 Å². The van der Waals surface area contributed by atoms with Crippen LogP contribution in [-0.4, -0.2) is 29.2 Å².